The van der Waals surface area contributed by atoms with Gasteiger partial charge in [-0.1, -0.05) is 31.0 Å². The molecule has 0 atom stereocenters. The summed E-state index contributed by atoms with van der Waals surface area (Å²) >= 11 is 0. The number of hydrogen-bond donors (Lipinski definition) is 2. The van der Waals surface area contributed by atoms with E-state index in [9.17, 15) is 14.5 Å². The van der Waals surface area contributed by atoms with Crippen molar-refractivity contribution >= 4 is 35.4 Å². The van der Waals surface area contributed by atoms with Gasteiger partial charge in [0.1, 0.15) is 5.82 Å². The monoisotopic (exact) mass is 450 g/mol. The van der Waals surface area contributed by atoms with Crippen LogP contribution in [0.15, 0.2) is 53.6 Å². The van der Waals surface area contributed by atoms with Gasteiger partial charge in [-0.25, -0.2) is 9.82 Å². The van der Waals surface area contributed by atoms with Crippen LogP contribution in [0.25, 0.3) is 0 Å². The normalized spacial score (nSPS) is 14.2. The number of non-ortho nitro benzene ring substituents is 1. The molecule has 1 aliphatic heterocycles. The first-order valence-corrected chi connectivity index (χ1v) is 10.6. The summed E-state index contributed by atoms with van der Waals surface area (Å²) in [6.45, 7) is 1.66. The molecule has 11 heteroatoms. The van der Waals surface area contributed by atoms with E-state index < -0.39 is 4.92 Å². The van der Waals surface area contributed by atoms with Crippen molar-refractivity contribution in [2.75, 3.05) is 28.7 Å². The Bertz CT molecular complexity index is 1130. The summed E-state index contributed by atoms with van der Waals surface area (Å²) in [4.78, 5) is 25.9. The number of rotatable bonds is 7. The molecule has 0 unspecified atom stereocenters. The number of hydrazone groups is 1. The summed E-state index contributed by atoms with van der Waals surface area (Å²) < 4.78 is 13.8. The first-order valence-electron chi connectivity index (χ1n) is 10.6. The summed E-state index contributed by atoms with van der Waals surface area (Å²) in [5.74, 6) is 0.576. The lowest BCUT2D eigenvalue weighted by atomic mass is 10.2. The molecule has 1 aliphatic rings. The Labute approximate surface area is 189 Å². The molecule has 1 fully saturated rings. The molecule has 10 nitrogen and oxygen atoms in total. The molecule has 0 aliphatic carbocycles. The van der Waals surface area contributed by atoms with Crippen molar-refractivity contribution < 1.29 is 9.31 Å². The van der Waals surface area contributed by atoms with E-state index in [1.54, 1.807) is 30.3 Å². The van der Waals surface area contributed by atoms with Crippen LogP contribution in [0.3, 0.4) is 0 Å². The molecule has 0 saturated carbocycles. The first-order chi connectivity index (χ1) is 16.1. The van der Waals surface area contributed by atoms with Crippen LogP contribution >= 0.6 is 0 Å². The van der Waals surface area contributed by atoms with Crippen molar-refractivity contribution in [1.82, 2.24) is 15.0 Å². The lowest BCUT2D eigenvalue weighted by molar-refractivity contribution is -0.384. The molecule has 4 rings (SSSR count). The third-order valence-electron chi connectivity index (χ3n) is 5.12. The van der Waals surface area contributed by atoms with Gasteiger partial charge in [0.2, 0.25) is 17.8 Å². The van der Waals surface area contributed by atoms with E-state index in [1.807, 2.05) is 0 Å². The van der Waals surface area contributed by atoms with E-state index >= 15 is 0 Å². The van der Waals surface area contributed by atoms with Crippen molar-refractivity contribution in [3.05, 3.63) is 70.0 Å². The molecule has 1 aromatic heterocycles. The van der Waals surface area contributed by atoms with Crippen LogP contribution in [0.2, 0.25) is 0 Å². The molecular weight excluding hydrogens is 427 g/mol. The lowest BCUT2D eigenvalue weighted by Gasteiger charge is -2.21. The highest BCUT2D eigenvalue weighted by atomic mass is 19.1. The van der Waals surface area contributed by atoms with E-state index in [4.69, 9.17) is 0 Å². The SMILES string of the molecule is O=[N+]([O-])c1ccc(Nc2nc(N/N=C/c3ccccc3F)nc(N3CCCCCC3)n2)cc1. The maximum absolute atomic E-state index is 13.8. The Kier molecular flexibility index (Phi) is 6.98. The number of nitro groups is 1. The highest BCUT2D eigenvalue weighted by molar-refractivity contribution is 5.80. The average Bonchev–Trinajstić information content (AvgIpc) is 3.10. The van der Waals surface area contributed by atoms with E-state index in [0.717, 1.165) is 38.8 Å². The quantitative estimate of drug-likeness (QED) is 0.307. The molecule has 1 saturated heterocycles. The minimum absolute atomic E-state index is 0.00807. The van der Waals surface area contributed by atoms with Gasteiger partial charge in [-0.15, -0.1) is 0 Å². The fraction of sp³-hybridized carbons (Fsp3) is 0.273. The van der Waals surface area contributed by atoms with Gasteiger partial charge in [0.05, 0.1) is 11.1 Å². The second kappa shape index (κ2) is 10.4. The smallest absolute Gasteiger partial charge is 0.269 e. The second-order valence-electron chi connectivity index (χ2n) is 7.50. The maximum Gasteiger partial charge on any atom is 0.269 e. The van der Waals surface area contributed by atoms with Crippen molar-refractivity contribution in [1.29, 1.82) is 0 Å². The fourth-order valence-corrected chi connectivity index (χ4v) is 3.42. The maximum atomic E-state index is 13.8. The molecule has 0 bridgehead atoms. The minimum Gasteiger partial charge on any atom is -0.341 e. The molecule has 2 heterocycles. The van der Waals surface area contributed by atoms with Crippen LogP contribution in [0.4, 0.5) is 33.6 Å². The van der Waals surface area contributed by atoms with Crippen LogP contribution in [-0.4, -0.2) is 39.2 Å². The fourth-order valence-electron chi connectivity index (χ4n) is 3.42. The van der Waals surface area contributed by atoms with Gasteiger partial charge in [0.25, 0.3) is 5.69 Å². The van der Waals surface area contributed by atoms with Gasteiger partial charge in [-0.2, -0.15) is 20.1 Å². The Morgan fingerprint density at radius 2 is 1.67 bits per heavy atom. The zero-order chi connectivity index (χ0) is 23.0. The van der Waals surface area contributed by atoms with Gasteiger partial charge in [-0.3, -0.25) is 10.1 Å². The minimum atomic E-state index is -0.459. The Morgan fingerprint density at radius 1 is 0.970 bits per heavy atom. The highest BCUT2D eigenvalue weighted by Crippen LogP contribution is 2.22. The summed E-state index contributed by atoms with van der Waals surface area (Å²) in [5, 5.41) is 18.0. The van der Waals surface area contributed by atoms with Crippen LogP contribution in [-0.2, 0) is 0 Å². The zero-order valence-electron chi connectivity index (χ0n) is 17.8. The van der Waals surface area contributed by atoms with Crippen molar-refractivity contribution in [3.8, 4) is 0 Å². The van der Waals surface area contributed by atoms with Crippen LogP contribution in [0.5, 0.6) is 0 Å². The van der Waals surface area contributed by atoms with Crippen LogP contribution in [0, 0.1) is 15.9 Å². The number of nitrogens with zero attached hydrogens (tertiary/aromatic N) is 6. The number of benzene rings is 2. The Hall–Kier alpha value is -4.15. The number of halogens is 1. The molecule has 170 valence electrons. The van der Waals surface area contributed by atoms with Crippen molar-refractivity contribution in [2.24, 2.45) is 5.10 Å². The van der Waals surface area contributed by atoms with E-state index in [1.165, 1.54) is 24.4 Å². The van der Waals surface area contributed by atoms with E-state index in [0.29, 0.717) is 17.2 Å². The molecule has 3 aromatic rings. The number of hydrogen-bond acceptors (Lipinski definition) is 9. The van der Waals surface area contributed by atoms with Gasteiger partial charge in [-0.05, 0) is 31.0 Å². The Balaban J connectivity index is 1.58. The molecule has 2 aromatic carbocycles. The number of nitro benzene ring substituents is 1. The third kappa shape index (κ3) is 5.97. The average molecular weight is 450 g/mol. The number of anilines is 4. The molecule has 0 amide bonds. The summed E-state index contributed by atoms with van der Waals surface area (Å²) in [6.07, 6.45) is 5.77. The standard InChI is InChI=1S/C22H23FN8O2/c23-19-8-4-3-7-16(19)15-24-29-21-26-20(25-17-9-11-18(12-10-17)31(32)33)27-22(28-21)30-13-5-1-2-6-14-30/h3-4,7-12,15H,1-2,5-6,13-14H2,(H2,25,26,27,28,29)/b24-15+. The molecular formula is C22H23FN8O2. The number of nitrogens with one attached hydrogen (secondary N) is 2. The van der Waals surface area contributed by atoms with Gasteiger partial charge >= 0.3 is 0 Å². The van der Waals surface area contributed by atoms with Crippen LogP contribution < -0.4 is 15.6 Å². The number of aromatic nitrogens is 3. The van der Waals surface area contributed by atoms with E-state index in [2.05, 4.69) is 35.7 Å². The van der Waals surface area contributed by atoms with Crippen LogP contribution in [0.1, 0.15) is 31.2 Å². The summed E-state index contributed by atoms with van der Waals surface area (Å²) in [5.41, 5.74) is 3.66. The second-order valence-corrected chi connectivity index (χ2v) is 7.50. The van der Waals surface area contributed by atoms with Crippen molar-refractivity contribution in [3.63, 3.8) is 0 Å². The summed E-state index contributed by atoms with van der Waals surface area (Å²) in [6, 6.07) is 12.3. The predicted octanol–water partition coefficient (Wildman–Crippen LogP) is 4.49. The van der Waals surface area contributed by atoms with Crippen molar-refractivity contribution in [2.45, 2.75) is 25.7 Å². The van der Waals surface area contributed by atoms with Gasteiger partial charge < -0.3 is 10.2 Å². The van der Waals surface area contributed by atoms with Gasteiger partial charge in [0, 0.05) is 36.5 Å². The molecule has 0 spiro atoms. The lowest BCUT2D eigenvalue weighted by Crippen LogP contribution is -2.26. The summed E-state index contributed by atoms with van der Waals surface area (Å²) in [7, 11) is 0. The first kappa shape index (κ1) is 22.1. The Morgan fingerprint density at radius 3 is 2.36 bits per heavy atom. The predicted molar refractivity (Wildman–Crippen MR) is 125 cm³/mol. The topological polar surface area (TPSA) is 121 Å². The highest BCUT2D eigenvalue weighted by Gasteiger charge is 2.16. The van der Waals surface area contributed by atoms with Gasteiger partial charge in [0.15, 0.2) is 0 Å². The zero-order valence-corrected chi connectivity index (χ0v) is 17.8. The molecule has 33 heavy (non-hydrogen) atoms. The molecule has 2 N–H and O–H groups in total. The largest absolute Gasteiger partial charge is 0.341 e. The van der Waals surface area contributed by atoms with E-state index in [-0.39, 0.29) is 23.4 Å². The third-order valence-corrected chi connectivity index (χ3v) is 5.12. The molecule has 0 radical (unpaired) electrons.